The maximum Gasteiger partial charge on any atom is 0.220 e. The predicted octanol–water partition coefficient (Wildman–Crippen LogP) is 10.5. The molecule has 0 aliphatic rings. The summed E-state index contributed by atoms with van der Waals surface area (Å²) in [5.74, 6) is 2.97. The second-order valence-corrected chi connectivity index (χ2v) is 13.1. The van der Waals surface area contributed by atoms with Crippen molar-refractivity contribution < 1.29 is 4.74 Å². The first-order chi connectivity index (χ1) is 26.2. The Morgan fingerprint density at radius 2 is 0.981 bits per heavy atom. The molecule has 0 aliphatic carbocycles. The molecule has 0 unspecified atom stereocenters. The van der Waals surface area contributed by atoms with Gasteiger partial charge in [0.1, 0.15) is 11.5 Å². The van der Waals surface area contributed by atoms with Crippen LogP contribution in [0.5, 0.6) is 11.5 Å². The van der Waals surface area contributed by atoms with Crippen LogP contribution in [-0.4, -0.2) is 27.9 Å². The van der Waals surface area contributed by atoms with Gasteiger partial charge < -0.3 is 4.74 Å². The van der Waals surface area contributed by atoms with Crippen LogP contribution in [0.4, 0.5) is 0 Å². The molecule has 0 amide bonds. The van der Waals surface area contributed by atoms with E-state index in [2.05, 4.69) is 103 Å². The SMILES string of the molecule is N#Cc1cccc(-c2cc(Oc3cccc(-n4c5ccccc5n5c6ccccc6nc45)c3)cc(-n3c4ccccc4n4c5ccccc5nc34)c2)c1. The number of hydrogen-bond donors (Lipinski definition) is 0. The topological polar surface area (TPSA) is 77.5 Å². The number of imidazole rings is 4. The van der Waals surface area contributed by atoms with Gasteiger partial charge in [0.15, 0.2) is 0 Å². The number of nitriles is 1. The lowest BCUT2D eigenvalue weighted by Crippen LogP contribution is -1.98. The van der Waals surface area contributed by atoms with Crippen LogP contribution in [0, 0.1) is 11.3 Å². The second kappa shape index (κ2) is 11.2. The molecule has 11 rings (SSSR count). The van der Waals surface area contributed by atoms with Gasteiger partial charge in [0.25, 0.3) is 0 Å². The summed E-state index contributed by atoms with van der Waals surface area (Å²) in [7, 11) is 0. The lowest BCUT2D eigenvalue weighted by Gasteiger charge is -2.14. The Morgan fingerprint density at radius 3 is 1.62 bits per heavy atom. The fourth-order valence-corrected chi connectivity index (χ4v) is 7.74. The zero-order valence-corrected chi connectivity index (χ0v) is 28.1. The first-order valence-electron chi connectivity index (χ1n) is 17.4. The van der Waals surface area contributed by atoms with Gasteiger partial charge in [0.2, 0.25) is 11.6 Å². The zero-order chi connectivity index (χ0) is 35.0. The van der Waals surface area contributed by atoms with Crippen LogP contribution >= 0.6 is 0 Å². The zero-order valence-electron chi connectivity index (χ0n) is 28.1. The van der Waals surface area contributed by atoms with Gasteiger partial charge >= 0.3 is 0 Å². The minimum Gasteiger partial charge on any atom is -0.457 e. The number of aromatic nitrogens is 6. The molecule has 7 aromatic carbocycles. The number of rotatable bonds is 5. The summed E-state index contributed by atoms with van der Waals surface area (Å²) in [5, 5.41) is 9.75. The minimum absolute atomic E-state index is 0.591. The molecule has 4 aromatic heterocycles. The minimum atomic E-state index is 0.591. The average Bonchev–Trinajstić information content (AvgIpc) is 3.94. The van der Waals surface area contributed by atoms with E-state index in [1.165, 1.54) is 0 Å². The first-order valence-corrected chi connectivity index (χ1v) is 17.4. The lowest BCUT2D eigenvalue weighted by molar-refractivity contribution is 0.482. The Labute approximate surface area is 302 Å². The Bertz CT molecular complexity index is 3300. The van der Waals surface area contributed by atoms with Crippen molar-refractivity contribution in [1.29, 1.82) is 5.26 Å². The molecule has 11 aromatic rings. The van der Waals surface area contributed by atoms with Crippen molar-refractivity contribution >= 4 is 55.7 Å². The van der Waals surface area contributed by atoms with Gasteiger partial charge in [-0.05, 0) is 96.1 Å². The fourth-order valence-electron chi connectivity index (χ4n) is 7.74. The largest absolute Gasteiger partial charge is 0.457 e. The van der Waals surface area contributed by atoms with Crippen molar-refractivity contribution in [1.82, 2.24) is 27.9 Å². The van der Waals surface area contributed by atoms with E-state index >= 15 is 0 Å². The van der Waals surface area contributed by atoms with E-state index in [9.17, 15) is 5.26 Å². The van der Waals surface area contributed by atoms with Crippen LogP contribution in [-0.2, 0) is 0 Å². The van der Waals surface area contributed by atoms with Crippen molar-refractivity contribution in [2.75, 3.05) is 0 Å². The summed E-state index contributed by atoms with van der Waals surface area (Å²) in [5.41, 5.74) is 12.4. The van der Waals surface area contributed by atoms with E-state index in [-0.39, 0.29) is 0 Å². The van der Waals surface area contributed by atoms with Gasteiger partial charge in [-0.1, -0.05) is 66.7 Å². The Hall–Kier alpha value is -7.63. The van der Waals surface area contributed by atoms with E-state index in [4.69, 9.17) is 14.7 Å². The number of fused-ring (bicyclic) bond motifs is 10. The number of para-hydroxylation sites is 8. The maximum atomic E-state index is 9.75. The highest BCUT2D eigenvalue weighted by Crippen LogP contribution is 2.36. The maximum absolute atomic E-state index is 9.75. The highest BCUT2D eigenvalue weighted by molar-refractivity contribution is 5.93. The molecular weight excluding hydrogens is 655 g/mol. The molecule has 53 heavy (non-hydrogen) atoms. The second-order valence-electron chi connectivity index (χ2n) is 13.1. The summed E-state index contributed by atoms with van der Waals surface area (Å²) in [6.07, 6.45) is 0. The molecular formula is C45H27N7O. The molecule has 0 radical (unpaired) electrons. The van der Waals surface area contributed by atoms with E-state index in [1.807, 2.05) is 84.9 Å². The molecule has 0 saturated carbocycles. The summed E-state index contributed by atoms with van der Waals surface area (Å²) in [4.78, 5) is 10.2. The smallest absolute Gasteiger partial charge is 0.220 e. The number of hydrogen-bond acceptors (Lipinski definition) is 4. The van der Waals surface area contributed by atoms with Crippen LogP contribution < -0.4 is 4.74 Å². The molecule has 4 heterocycles. The molecule has 248 valence electrons. The number of ether oxygens (including phenoxy) is 1. The molecule has 0 saturated heterocycles. The number of benzene rings is 7. The highest BCUT2D eigenvalue weighted by Gasteiger charge is 2.20. The van der Waals surface area contributed by atoms with Crippen LogP contribution in [0.2, 0.25) is 0 Å². The van der Waals surface area contributed by atoms with Gasteiger partial charge in [0, 0.05) is 12.1 Å². The lowest BCUT2D eigenvalue weighted by atomic mass is 10.0. The van der Waals surface area contributed by atoms with Gasteiger partial charge in [-0.25, -0.2) is 9.97 Å². The van der Waals surface area contributed by atoms with Crippen LogP contribution in [0.25, 0.3) is 78.2 Å². The van der Waals surface area contributed by atoms with Gasteiger partial charge in [-0.15, -0.1) is 0 Å². The Kier molecular flexibility index (Phi) is 6.15. The van der Waals surface area contributed by atoms with Crippen LogP contribution in [0.15, 0.2) is 164 Å². The Morgan fingerprint density at radius 1 is 0.434 bits per heavy atom. The van der Waals surface area contributed by atoms with Crippen molar-refractivity contribution in [3.05, 3.63) is 169 Å². The molecule has 0 N–H and O–H groups in total. The summed E-state index contributed by atoms with van der Waals surface area (Å²) in [6.45, 7) is 0. The summed E-state index contributed by atoms with van der Waals surface area (Å²) >= 11 is 0. The molecule has 8 nitrogen and oxygen atoms in total. The normalized spacial score (nSPS) is 11.8. The van der Waals surface area contributed by atoms with Crippen LogP contribution in [0.1, 0.15) is 5.56 Å². The van der Waals surface area contributed by atoms with Crippen molar-refractivity contribution in [2.45, 2.75) is 0 Å². The molecule has 0 bridgehead atoms. The van der Waals surface area contributed by atoms with Crippen LogP contribution in [0.3, 0.4) is 0 Å². The molecule has 0 fully saturated rings. The standard InChI is InChI=1S/C45H27N7O/c46-28-29-11-9-12-30(23-29)31-24-33(50-41-20-6-8-22-43(41)52-39-18-4-2-16-37(39)48-45(50)52)27-35(25-31)53-34-14-10-13-32(26-34)49-40-19-5-7-21-42(40)51-38-17-3-1-15-36(38)47-44(49)51/h1-27H. The predicted molar refractivity (Wildman–Crippen MR) is 209 cm³/mol. The van der Waals surface area contributed by atoms with Crippen molar-refractivity contribution in [2.24, 2.45) is 0 Å². The van der Waals surface area contributed by atoms with Gasteiger partial charge in [-0.2, -0.15) is 5.26 Å². The van der Waals surface area contributed by atoms with Gasteiger partial charge in [-0.3, -0.25) is 17.9 Å². The van der Waals surface area contributed by atoms with E-state index in [1.54, 1.807) is 0 Å². The third kappa shape index (κ3) is 4.41. The van der Waals surface area contributed by atoms with Crippen molar-refractivity contribution in [3.8, 4) is 40.1 Å². The monoisotopic (exact) mass is 681 g/mol. The van der Waals surface area contributed by atoms with Crippen molar-refractivity contribution in [3.63, 3.8) is 0 Å². The summed E-state index contributed by atoms with van der Waals surface area (Å²) in [6, 6.07) is 57.4. The molecule has 0 spiro atoms. The molecule has 0 aliphatic heterocycles. The number of nitrogens with zero attached hydrogens (tertiary/aromatic N) is 7. The first kappa shape index (κ1) is 29.1. The summed E-state index contributed by atoms with van der Waals surface area (Å²) < 4.78 is 15.6. The van der Waals surface area contributed by atoms with E-state index in [0.29, 0.717) is 17.1 Å². The van der Waals surface area contributed by atoms with E-state index in [0.717, 1.165) is 78.2 Å². The fraction of sp³-hybridized carbons (Fsp3) is 0. The highest BCUT2D eigenvalue weighted by atomic mass is 16.5. The molecule has 8 heteroatoms. The third-order valence-corrected chi connectivity index (χ3v) is 10.00. The average molecular weight is 682 g/mol. The molecule has 0 atom stereocenters. The Balaban J connectivity index is 1.10. The van der Waals surface area contributed by atoms with Gasteiger partial charge in [0.05, 0.1) is 67.1 Å². The quantitative estimate of drug-likeness (QED) is 0.181. The van der Waals surface area contributed by atoms with E-state index < -0.39 is 0 Å². The third-order valence-electron chi connectivity index (χ3n) is 10.00.